The van der Waals surface area contributed by atoms with Crippen LogP contribution in [0.15, 0.2) is 175 Å². The Labute approximate surface area is 626 Å². The van der Waals surface area contributed by atoms with Gasteiger partial charge in [-0.1, -0.05) is 237 Å². The molecule has 1 saturated heterocycles. The minimum atomic E-state index is -0.573. The molecule has 11 nitrogen and oxygen atoms in total. The molecule has 101 heavy (non-hydrogen) atoms. The molecule has 0 saturated carbocycles. The van der Waals surface area contributed by atoms with Crippen LogP contribution in [0.5, 0.6) is 23.0 Å². The number of hydrogen-bond donors (Lipinski definition) is 0. The first kappa shape index (κ1) is 77.9. The normalized spacial score (nSPS) is 15.7. The first-order chi connectivity index (χ1) is 48.9. The number of thioether (sulfide) groups is 4. The van der Waals surface area contributed by atoms with Gasteiger partial charge in [0.25, 0.3) is 0 Å². The summed E-state index contributed by atoms with van der Waals surface area (Å²) in [6, 6.07) is 52.6. The van der Waals surface area contributed by atoms with E-state index >= 15 is 0 Å². The quantitative estimate of drug-likeness (QED) is 0.0158. The fourth-order valence-corrected chi connectivity index (χ4v) is 19.9. The molecule has 3 aliphatic rings. The van der Waals surface area contributed by atoms with Crippen molar-refractivity contribution in [2.75, 3.05) is 85.0 Å². The first-order valence-corrected chi connectivity index (χ1v) is 41.5. The SMILES string of the molecule is CCc1ccc(C(c2ccc(OCCOCCOC3=CS/C(=C4\SC=C(OCCOCCOc5cccc6c(OCCOCCOc7c(C(C)C)cc(COC(=O)CCCCC8CCSS8)cc7C(C)C)cccc56)S4)S3)cc2)(c2ccc(C(C)(C)C)cc2)c2ccc(C(C)(C)C)cc2)cc1. The number of rotatable bonds is 38. The number of fused-ring (bicyclic) bond motifs is 1. The van der Waals surface area contributed by atoms with Gasteiger partial charge in [0.2, 0.25) is 0 Å². The zero-order valence-electron chi connectivity index (χ0n) is 60.8. The van der Waals surface area contributed by atoms with Crippen LogP contribution in [0.25, 0.3) is 10.8 Å². The van der Waals surface area contributed by atoms with Gasteiger partial charge < -0.3 is 47.4 Å². The maximum absolute atomic E-state index is 12.7. The Morgan fingerprint density at radius 2 is 0.921 bits per heavy atom. The molecule has 0 amide bonds. The van der Waals surface area contributed by atoms with Crippen molar-refractivity contribution in [3.8, 4) is 23.0 Å². The molecule has 1 fully saturated rings. The standard InChI is InChI=1S/C84H102O11S6/c1-12-60-23-25-64(26-24-60)84(65-31-27-62(28-32-65)82(6,7)8,66-33-29-63(30-34-66)83(9,10)11)67-35-37-68(38-36-67)89-46-40-86-43-49-92-77-56-96-80(99-77)81-97-57-78(100-81)93-50-44-87-41-47-90-74-20-15-19-71-70(74)18-16-21-75(71)91-48-42-88-45-51-94-79-72(58(2)3)53-61(54-73(79)59(4)5)55-95-76(85)22-14-13-17-69-39-52-98-101-69/h15-16,18-21,23-38,53-54,56-59,69H,12-14,17,22,39-52,55H2,1-11H3/b81-80-. The summed E-state index contributed by atoms with van der Waals surface area (Å²) >= 11 is 6.60. The van der Waals surface area contributed by atoms with Crippen LogP contribution in [0.4, 0.5) is 0 Å². The fourth-order valence-electron chi connectivity index (χ4n) is 12.4. The number of unbranched alkanes of at least 4 members (excludes halogenated alkanes) is 1. The zero-order chi connectivity index (χ0) is 71.2. The Morgan fingerprint density at radius 3 is 1.37 bits per heavy atom. The largest absolute Gasteiger partial charge is 0.491 e. The highest BCUT2D eigenvalue weighted by Crippen LogP contribution is 2.56. The van der Waals surface area contributed by atoms with Gasteiger partial charge in [0.1, 0.15) is 69.2 Å². The molecule has 0 radical (unpaired) electrons. The van der Waals surface area contributed by atoms with Crippen molar-refractivity contribution in [1.82, 2.24) is 0 Å². The number of esters is 1. The third kappa shape index (κ3) is 21.9. The van der Waals surface area contributed by atoms with Gasteiger partial charge in [-0.25, -0.2) is 0 Å². The van der Waals surface area contributed by atoms with E-state index in [1.807, 2.05) is 58.0 Å². The Kier molecular flexibility index (Phi) is 29.6. The van der Waals surface area contributed by atoms with Crippen molar-refractivity contribution in [3.05, 3.63) is 231 Å². The third-order valence-electron chi connectivity index (χ3n) is 18.0. The summed E-state index contributed by atoms with van der Waals surface area (Å²) in [5, 5.41) is 8.49. The van der Waals surface area contributed by atoms with E-state index in [1.54, 1.807) is 47.0 Å². The van der Waals surface area contributed by atoms with E-state index in [9.17, 15) is 4.79 Å². The van der Waals surface area contributed by atoms with Crippen molar-refractivity contribution in [2.45, 2.75) is 155 Å². The molecule has 7 aromatic rings. The monoisotopic (exact) mass is 1480 g/mol. The lowest BCUT2D eigenvalue weighted by Crippen LogP contribution is -2.31. The van der Waals surface area contributed by atoms with Crippen molar-refractivity contribution in [3.63, 3.8) is 0 Å². The Hall–Kier alpha value is -5.73. The van der Waals surface area contributed by atoms with E-state index in [-0.39, 0.29) is 35.2 Å². The fraction of sp³-hybridized carbons (Fsp3) is 0.440. The van der Waals surface area contributed by atoms with Gasteiger partial charge in [-0.05, 0) is 164 Å². The Bertz CT molecular complexity index is 3780. The summed E-state index contributed by atoms with van der Waals surface area (Å²) in [5.74, 6) is 4.79. The van der Waals surface area contributed by atoms with Crippen LogP contribution in [0.2, 0.25) is 0 Å². The molecule has 0 N–H and O–H groups in total. The molecule has 17 heteroatoms. The molecule has 0 aromatic heterocycles. The minimum Gasteiger partial charge on any atom is -0.491 e. The second-order valence-electron chi connectivity index (χ2n) is 28.1. The Morgan fingerprint density at radius 1 is 0.485 bits per heavy atom. The van der Waals surface area contributed by atoms with E-state index in [0.717, 1.165) is 85.2 Å². The summed E-state index contributed by atoms with van der Waals surface area (Å²) in [4.78, 5) is 12.7. The van der Waals surface area contributed by atoms with Crippen LogP contribution in [0.1, 0.15) is 176 Å². The molecule has 0 bridgehead atoms. The molecule has 540 valence electrons. The third-order valence-corrected chi connectivity index (χ3v) is 26.0. The smallest absolute Gasteiger partial charge is 0.306 e. The van der Waals surface area contributed by atoms with Crippen LogP contribution in [0, 0.1) is 0 Å². The van der Waals surface area contributed by atoms with Crippen LogP contribution < -0.4 is 18.9 Å². The molecule has 3 aliphatic heterocycles. The predicted octanol–water partition coefficient (Wildman–Crippen LogP) is 22.1. The number of ether oxygens (including phenoxy) is 10. The molecule has 1 unspecified atom stereocenters. The van der Waals surface area contributed by atoms with Crippen LogP contribution in [-0.2, 0) is 62.5 Å². The number of benzene rings is 7. The molecule has 7 aromatic carbocycles. The summed E-state index contributed by atoms with van der Waals surface area (Å²) in [5.41, 5.74) is 11.5. The molecular weight excluding hydrogens is 1380 g/mol. The summed E-state index contributed by atoms with van der Waals surface area (Å²) in [7, 11) is 3.96. The number of hydrogen-bond acceptors (Lipinski definition) is 17. The predicted molar refractivity (Wildman–Crippen MR) is 427 cm³/mol. The van der Waals surface area contributed by atoms with Crippen molar-refractivity contribution in [2.24, 2.45) is 0 Å². The highest BCUT2D eigenvalue weighted by atomic mass is 33.1. The highest BCUT2D eigenvalue weighted by molar-refractivity contribution is 8.77. The molecular formula is C84H102O11S6. The first-order valence-electron chi connectivity index (χ1n) is 35.7. The summed E-state index contributed by atoms with van der Waals surface area (Å²) < 4.78 is 63.5. The lowest BCUT2D eigenvalue weighted by Gasteiger charge is -2.38. The molecule has 10 rings (SSSR count). The average Bonchev–Trinajstić information content (AvgIpc) is 1.14. The van der Waals surface area contributed by atoms with Crippen LogP contribution in [0.3, 0.4) is 0 Å². The molecule has 0 aliphatic carbocycles. The summed E-state index contributed by atoms with van der Waals surface area (Å²) in [6.45, 7) is 29.8. The van der Waals surface area contributed by atoms with E-state index < -0.39 is 5.41 Å². The van der Waals surface area contributed by atoms with Gasteiger partial charge in [-0.2, -0.15) is 0 Å². The van der Waals surface area contributed by atoms with Gasteiger partial charge >= 0.3 is 5.97 Å². The maximum Gasteiger partial charge on any atom is 0.306 e. The van der Waals surface area contributed by atoms with Gasteiger partial charge in [0.15, 0.2) is 10.2 Å². The molecule has 3 heterocycles. The maximum atomic E-state index is 12.7. The summed E-state index contributed by atoms with van der Waals surface area (Å²) in [6.07, 6.45) is 5.86. The molecule has 0 spiro atoms. The second kappa shape index (κ2) is 38.3. The van der Waals surface area contributed by atoms with E-state index in [4.69, 9.17) is 47.4 Å². The zero-order valence-corrected chi connectivity index (χ0v) is 65.7. The lowest BCUT2D eigenvalue weighted by atomic mass is 9.64. The number of carbonyl (C=O) groups is 1. The van der Waals surface area contributed by atoms with Gasteiger partial charge in [-0.3, -0.25) is 4.79 Å². The van der Waals surface area contributed by atoms with Crippen molar-refractivity contribution < 1.29 is 52.2 Å². The van der Waals surface area contributed by atoms with Gasteiger partial charge in [0.05, 0.1) is 53.5 Å². The van der Waals surface area contributed by atoms with E-state index in [1.165, 1.54) is 66.0 Å². The molecule has 1 atom stereocenters. The van der Waals surface area contributed by atoms with Gasteiger partial charge in [0, 0.05) is 39.0 Å². The van der Waals surface area contributed by atoms with Crippen LogP contribution in [-0.4, -0.2) is 96.3 Å². The highest BCUT2D eigenvalue weighted by Gasteiger charge is 2.39. The minimum absolute atomic E-state index is 0.0334. The number of aryl methyl sites for hydroxylation is 1. The Balaban J connectivity index is 0.591. The van der Waals surface area contributed by atoms with Crippen molar-refractivity contribution in [1.29, 1.82) is 0 Å². The average molecular weight is 1480 g/mol. The topological polar surface area (TPSA) is 109 Å². The van der Waals surface area contributed by atoms with Gasteiger partial charge in [-0.15, -0.1) is 0 Å². The van der Waals surface area contributed by atoms with Crippen molar-refractivity contribution >= 4 is 85.4 Å². The van der Waals surface area contributed by atoms with Crippen LogP contribution >= 0.6 is 68.6 Å². The lowest BCUT2D eigenvalue weighted by molar-refractivity contribution is -0.145. The van der Waals surface area contributed by atoms with E-state index in [0.29, 0.717) is 85.7 Å². The second-order valence-corrected chi connectivity index (χ2v) is 35.1. The number of carbonyl (C=O) groups excluding carboxylic acids is 1. The van der Waals surface area contributed by atoms with E-state index in [2.05, 4.69) is 196 Å².